The van der Waals surface area contributed by atoms with E-state index in [9.17, 15) is 4.79 Å². The first kappa shape index (κ1) is 10.1. The fourth-order valence-corrected chi connectivity index (χ4v) is 2.55. The van der Waals surface area contributed by atoms with Crippen LogP contribution in [0, 0.1) is 0 Å². The number of amides is 1. The van der Waals surface area contributed by atoms with Crippen LogP contribution in [-0.2, 0) is 6.42 Å². The maximum absolute atomic E-state index is 11.3. The molecule has 1 aliphatic rings. The van der Waals surface area contributed by atoms with Crippen molar-refractivity contribution in [1.29, 1.82) is 0 Å². The summed E-state index contributed by atoms with van der Waals surface area (Å²) in [6.45, 7) is 2.08. The van der Waals surface area contributed by atoms with Crippen molar-refractivity contribution >= 4 is 5.91 Å². The van der Waals surface area contributed by atoms with Gasteiger partial charge in [0.05, 0.1) is 11.9 Å². The molecular formula is C13H13N3O. The number of nitrogens with two attached hydrogens (primary N) is 1. The predicted octanol–water partition coefficient (Wildman–Crippen LogP) is 1.77. The van der Waals surface area contributed by atoms with E-state index in [1.165, 1.54) is 5.56 Å². The number of aromatic nitrogens is 2. The lowest BCUT2D eigenvalue weighted by molar-refractivity contribution is 0.0984. The van der Waals surface area contributed by atoms with E-state index in [-0.39, 0.29) is 6.04 Å². The molecule has 1 atom stereocenters. The van der Waals surface area contributed by atoms with Crippen LogP contribution in [0.4, 0.5) is 0 Å². The number of rotatable bonds is 1. The van der Waals surface area contributed by atoms with Gasteiger partial charge in [-0.3, -0.25) is 4.79 Å². The van der Waals surface area contributed by atoms with E-state index < -0.39 is 5.91 Å². The average Bonchev–Trinajstić information content (AvgIpc) is 2.74. The molecular weight excluding hydrogens is 214 g/mol. The standard InChI is InChI=1S/C13H13N3O/c1-8-6-9-4-2-3-5-10(9)11-7-15-13(12(14)17)16(8)11/h2-5,7-8H,6H2,1H3,(H2,14,17). The average molecular weight is 227 g/mol. The first-order valence-electron chi connectivity index (χ1n) is 5.64. The second-order valence-electron chi connectivity index (χ2n) is 4.41. The molecule has 1 aromatic heterocycles. The third-order valence-electron chi connectivity index (χ3n) is 3.27. The van der Waals surface area contributed by atoms with E-state index in [4.69, 9.17) is 5.73 Å². The van der Waals surface area contributed by atoms with E-state index >= 15 is 0 Å². The Labute approximate surface area is 99.1 Å². The van der Waals surface area contributed by atoms with Crippen molar-refractivity contribution in [3.05, 3.63) is 41.9 Å². The van der Waals surface area contributed by atoms with Gasteiger partial charge in [0, 0.05) is 11.6 Å². The molecule has 0 fully saturated rings. The van der Waals surface area contributed by atoms with Gasteiger partial charge in [-0.05, 0) is 18.9 Å². The maximum atomic E-state index is 11.3. The third kappa shape index (κ3) is 1.37. The van der Waals surface area contributed by atoms with Gasteiger partial charge in [-0.1, -0.05) is 24.3 Å². The van der Waals surface area contributed by atoms with E-state index in [1.807, 2.05) is 16.7 Å². The Morgan fingerprint density at radius 3 is 3.00 bits per heavy atom. The molecule has 4 heteroatoms. The monoisotopic (exact) mass is 227 g/mol. The number of benzene rings is 1. The molecule has 3 rings (SSSR count). The number of fused-ring (bicyclic) bond motifs is 3. The van der Waals surface area contributed by atoms with E-state index in [0.29, 0.717) is 5.82 Å². The van der Waals surface area contributed by atoms with E-state index in [0.717, 1.165) is 17.7 Å². The summed E-state index contributed by atoms with van der Waals surface area (Å²) in [6.07, 6.45) is 2.63. The van der Waals surface area contributed by atoms with Crippen molar-refractivity contribution in [2.24, 2.45) is 5.73 Å². The second kappa shape index (κ2) is 3.45. The fraction of sp³-hybridized carbons (Fsp3) is 0.231. The highest BCUT2D eigenvalue weighted by atomic mass is 16.1. The predicted molar refractivity (Wildman–Crippen MR) is 64.6 cm³/mol. The Balaban J connectivity index is 2.27. The number of carbonyl (C=O) groups is 1. The summed E-state index contributed by atoms with van der Waals surface area (Å²) in [5, 5.41) is 0. The van der Waals surface area contributed by atoms with Crippen molar-refractivity contribution in [1.82, 2.24) is 9.55 Å². The lowest BCUT2D eigenvalue weighted by atomic mass is 9.95. The van der Waals surface area contributed by atoms with Crippen LogP contribution in [-0.4, -0.2) is 15.5 Å². The molecule has 1 aromatic carbocycles. The van der Waals surface area contributed by atoms with Crippen LogP contribution in [0.1, 0.15) is 29.1 Å². The normalized spacial score (nSPS) is 17.4. The summed E-state index contributed by atoms with van der Waals surface area (Å²) in [6, 6.07) is 8.42. The third-order valence-corrected chi connectivity index (χ3v) is 3.27. The van der Waals surface area contributed by atoms with Crippen LogP contribution >= 0.6 is 0 Å². The molecule has 2 heterocycles. The minimum atomic E-state index is -0.470. The van der Waals surface area contributed by atoms with Crippen LogP contribution in [0.25, 0.3) is 11.3 Å². The number of carbonyl (C=O) groups excluding carboxylic acids is 1. The Kier molecular flexibility index (Phi) is 2.04. The lowest BCUT2D eigenvalue weighted by Crippen LogP contribution is -2.24. The molecule has 2 N–H and O–H groups in total. The van der Waals surface area contributed by atoms with Crippen LogP contribution < -0.4 is 5.73 Å². The minimum Gasteiger partial charge on any atom is -0.363 e. The van der Waals surface area contributed by atoms with Crippen LogP contribution in [0.15, 0.2) is 30.5 Å². The van der Waals surface area contributed by atoms with Gasteiger partial charge in [0.1, 0.15) is 0 Å². The summed E-state index contributed by atoms with van der Waals surface area (Å²) in [4.78, 5) is 15.5. The fourth-order valence-electron chi connectivity index (χ4n) is 2.55. The van der Waals surface area contributed by atoms with Crippen LogP contribution in [0.2, 0.25) is 0 Å². The molecule has 0 saturated carbocycles. The van der Waals surface area contributed by atoms with Crippen molar-refractivity contribution in [2.45, 2.75) is 19.4 Å². The molecule has 0 bridgehead atoms. The zero-order valence-corrected chi connectivity index (χ0v) is 9.55. The van der Waals surface area contributed by atoms with E-state index in [1.54, 1.807) is 6.20 Å². The lowest BCUT2D eigenvalue weighted by Gasteiger charge is -2.25. The molecule has 1 aliphatic heterocycles. The molecule has 17 heavy (non-hydrogen) atoms. The van der Waals surface area contributed by atoms with E-state index in [2.05, 4.69) is 24.0 Å². The summed E-state index contributed by atoms with van der Waals surface area (Å²) < 4.78 is 1.94. The molecule has 0 spiro atoms. The van der Waals surface area contributed by atoms with Gasteiger partial charge >= 0.3 is 0 Å². The van der Waals surface area contributed by atoms with Crippen molar-refractivity contribution in [3.8, 4) is 11.3 Å². The highest BCUT2D eigenvalue weighted by Crippen LogP contribution is 2.35. The van der Waals surface area contributed by atoms with Crippen molar-refractivity contribution in [3.63, 3.8) is 0 Å². The molecule has 4 nitrogen and oxygen atoms in total. The zero-order valence-electron chi connectivity index (χ0n) is 9.55. The smallest absolute Gasteiger partial charge is 0.284 e. The molecule has 2 aromatic rings. The maximum Gasteiger partial charge on any atom is 0.284 e. The molecule has 0 saturated heterocycles. The molecule has 1 amide bonds. The Morgan fingerprint density at radius 1 is 1.47 bits per heavy atom. The summed E-state index contributed by atoms with van der Waals surface area (Å²) >= 11 is 0. The quantitative estimate of drug-likeness (QED) is 0.807. The number of hydrogen-bond acceptors (Lipinski definition) is 2. The Bertz CT molecular complexity index is 600. The SMILES string of the molecule is CC1Cc2ccccc2-c2cnc(C(N)=O)n21. The van der Waals surface area contributed by atoms with Gasteiger partial charge in [-0.2, -0.15) is 0 Å². The van der Waals surface area contributed by atoms with Crippen LogP contribution in [0.5, 0.6) is 0 Å². The van der Waals surface area contributed by atoms with Gasteiger partial charge in [-0.25, -0.2) is 4.98 Å². The Morgan fingerprint density at radius 2 is 2.24 bits per heavy atom. The summed E-state index contributed by atoms with van der Waals surface area (Å²) in [7, 11) is 0. The first-order valence-corrected chi connectivity index (χ1v) is 5.64. The second-order valence-corrected chi connectivity index (χ2v) is 4.41. The summed E-state index contributed by atoms with van der Waals surface area (Å²) in [5.74, 6) is -0.121. The number of primary amides is 1. The number of hydrogen-bond donors (Lipinski definition) is 1. The molecule has 1 unspecified atom stereocenters. The van der Waals surface area contributed by atoms with Gasteiger partial charge in [0.15, 0.2) is 5.82 Å². The molecule has 0 aliphatic carbocycles. The van der Waals surface area contributed by atoms with Crippen molar-refractivity contribution < 1.29 is 4.79 Å². The first-order chi connectivity index (χ1) is 8.18. The molecule has 0 radical (unpaired) electrons. The van der Waals surface area contributed by atoms with Gasteiger partial charge < -0.3 is 10.3 Å². The van der Waals surface area contributed by atoms with Gasteiger partial charge in [0.25, 0.3) is 5.91 Å². The Hall–Kier alpha value is -2.10. The highest BCUT2D eigenvalue weighted by molar-refractivity contribution is 5.90. The van der Waals surface area contributed by atoms with Gasteiger partial charge in [0.2, 0.25) is 0 Å². The number of imidazole rings is 1. The zero-order chi connectivity index (χ0) is 12.0. The van der Waals surface area contributed by atoms with Gasteiger partial charge in [-0.15, -0.1) is 0 Å². The topological polar surface area (TPSA) is 60.9 Å². The minimum absolute atomic E-state index is 0.213. The number of nitrogens with zero attached hydrogens (tertiary/aromatic N) is 2. The molecule has 86 valence electrons. The largest absolute Gasteiger partial charge is 0.363 e. The van der Waals surface area contributed by atoms with Crippen molar-refractivity contribution in [2.75, 3.05) is 0 Å². The summed E-state index contributed by atoms with van der Waals surface area (Å²) in [5.41, 5.74) is 8.76. The van der Waals surface area contributed by atoms with Crippen LogP contribution in [0.3, 0.4) is 0 Å². The highest BCUT2D eigenvalue weighted by Gasteiger charge is 2.25.